The van der Waals surface area contributed by atoms with Gasteiger partial charge in [-0.1, -0.05) is 68.1 Å². The molecule has 0 spiro atoms. The Morgan fingerprint density at radius 1 is 0.604 bits per heavy atom. The van der Waals surface area contributed by atoms with Crippen LogP contribution in [-0.2, 0) is 31.9 Å². The quantitative estimate of drug-likeness (QED) is 0.117. The van der Waals surface area contributed by atoms with Crippen molar-refractivity contribution in [1.29, 1.82) is 0 Å². The molecule has 11 heteroatoms. The van der Waals surface area contributed by atoms with Crippen LogP contribution in [0, 0.1) is 13.8 Å². The minimum Gasteiger partial charge on any atom is -0.508 e. The molecule has 0 aliphatic heterocycles. The number of hydrogen-bond acceptors (Lipinski definition) is 8. The van der Waals surface area contributed by atoms with Gasteiger partial charge in [0, 0.05) is 40.4 Å². The number of carbonyl (C=O) groups excluding carboxylic acids is 2. The van der Waals surface area contributed by atoms with E-state index in [1.807, 2.05) is 84.3 Å². The molecule has 2 heterocycles. The third-order valence-corrected chi connectivity index (χ3v) is 8.78. The molecule has 2 aromatic heterocycles. The van der Waals surface area contributed by atoms with E-state index in [4.69, 9.17) is 14.0 Å². The van der Waals surface area contributed by atoms with Crippen molar-refractivity contribution < 1.29 is 36.2 Å². The van der Waals surface area contributed by atoms with Gasteiger partial charge in [-0.15, -0.1) is 0 Å². The summed E-state index contributed by atoms with van der Waals surface area (Å²) in [5, 5.41) is 8.74. The first-order valence-electron chi connectivity index (χ1n) is 16.4. The second-order valence-electron chi connectivity index (χ2n) is 11.4. The maximum atomic E-state index is 11.1. The molecule has 6 aromatic rings. The van der Waals surface area contributed by atoms with Crippen molar-refractivity contribution in [2.75, 3.05) is 20.3 Å². The van der Waals surface area contributed by atoms with E-state index in [1.165, 1.54) is 29.1 Å². The number of benzene rings is 4. The number of phenolic OH excluding ortho intramolecular Hbond substituents is 1. The highest BCUT2D eigenvalue weighted by Crippen LogP contribution is 2.23. The second kappa shape index (κ2) is 20.9. The number of nitrogens with zero attached hydrogens (tertiary/aromatic N) is 2. The minimum absolute atomic E-state index is 0. The standard InChI is InChI=1S/C20H19NO2.C14H17NO4S.C7H6O2.CH4/c1-16-7-12-20(18-5-3-2-4-6-18)21(16)13-14-23-19-10-8-17(15-22)9-11-19;1-12-8-9-14(13-6-4-3-5-7-13)15(12)10-11-19-20(16,17)18-2;8-5-6-1-3-7(9)4-2-6;/h2-12,15H,13-14H2,1H3;3-9H,10-11H2,1-2H3;1-5,9H;1H4. The zero-order chi connectivity index (χ0) is 37.3. The predicted octanol–water partition coefficient (Wildman–Crippen LogP) is 8.57. The van der Waals surface area contributed by atoms with E-state index in [9.17, 15) is 18.0 Å². The summed E-state index contributed by atoms with van der Waals surface area (Å²) in [6.07, 6.45) is 1.57. The molecule has 278 valence electrons. The monoisotopic (exact) mass is 738 g/mol. The molecule has 53 heavy (non-hydrogen) atoms. The van der Waals surface area contributed by atoms with Crippen LogP contribution in [0.5, 0.6) is 11.5 Å². The lowest BCUT2D eigenvalue weighted by molar-refractivity contribution is 0.111. The van der Waals surface area contributed by atoms with Crippen LogP contribution >= 0.6 is 0 Å². The van der Waals surface area contributed by atoms with Gasteiger partial charge >= 0.3 is 10.4 Å². The van der Waals surface area contributed by atoms with Crippen molar-refractivity contribution in [3.63, 3.8) is 0 Å². The number of phenols is 1. The first-order valence-corrected chi connectivity index (χ1v) is 17.8. The molecule has 0 aliphatic rings. The molecule has 0 aliphatic carbocycles. The summed E-state index contributed by atoms with van der Waals surface area (Å²) >= 11 is 0. The van der Waals surface area contributed by atoms with Crippen LogP contribution in [0.3, 0.4) is 0 Å². The molecule has 0 unspecified atom stereocenters. The van der Waals surface area contributed by atoms with E-state index in [0.717, 1.165) is 48.9 Å². The van der Waals surface area contributed by atoms with Gasteiger partial charge in [0.15, 0.2) is 0 Å². The van der Waals surface area contributed by atoms with Crippen molar-refractivity contribution in [1.82, 2.24) is 9.13 Å². The summed E-state index contributed by atoms with van der Waals surface area (Å²) in [5.41, 5.74) is 8.00. The summed E-state index contributed by atoms with van der Waals surface area (Å²) in [4.78, 5) is 20.7. The Hall–Kier alpha value is -5.75. The maximum Gasteiger partial charge on any atom is 0.399 e. The molecule has 0 bridgehead atoms. The zero-order valence-electron chi connectivity index (χ0n) is 29.3. The van der Waals surface area contributed by atoms with Crippen LogP contribution < -0.4 is 4.74 Å². The molecule has 4 aromatic carbocycles. The summed E-state index contributed by atoms with van der Waals surface area (Å²) in [5.74, 6) is 0.960. The summed E-state index contributed by atoms with van der Waals surface area (Å²) in [7, 11) is -2.80. The van der Waals surface area contributed by atoms with Gasteiger partial charge in [0.05, 0.1) is 20.3 Å². The molecule has 0 saturated heterocycles. The number of aryl methyl sites for hydroxylation is 2. The molecule has 0 amide bonds. The average Bonchev–Trinajstić information content (AvgIpc) is 3.74. The van der Waals surface area contributed by atoms with Gasteiger partial charge in [0.25, 0.3) is 0 Å². The molecule has 0 fully saturated rings. The van der Waals surface area contributed by atoms with Crippen LogP contribution in [0.1, 0.15) is 39.5 Å². The van der Waals surface area contributed by atoms with E-state index in [1.54, 1.807) is 24.3 Å². The largest absolute Gasteiger partial charge is 0.508 e. The van der Waals surface area contributed by atoms with Crippen LogP contribution in [0.4, 0.5) is 0 Å². The Kier molecular flexibility index (Phi) is 16.5. The highest BCUT2D eigenvalue weighted by Gasteiger charge is 2.12. The highest BCUT2D eigenvalue weighted by molar-refractivity contribution is 7.81. The fourth-order valence-electron chi connectivity index (χ4n) is 5.18. The maximum absolute atomic E-state index is 11.1. The summed E-state index contributed by atoms with van der Waals surface area (Å²) in [6, 6.07) is 41.8. The van der Waals surface area contributed by atoms with Crippen LogP contribution in [-0.4, -0.2) is 55.6 Å². The van der Waals surface area contributed by atoms with Gasteiger partial charge < -0.3 is 19.0 Å². The first-order chi connectivity index (χ1) is 25.1. The first kappa shape index (κ1) is 41.7. The number of aromatic hydroxyl groups is 1. The normalized spacial score (nSPS) is 10.5. The topological polar surface area (TPSA) is 126 Å². The number of carbonyl (C=O) groups is 2. The van der Waals surface area contributed by atoms with Gasteiger partial charge in [-0.3, -0.25) is 13.8 Å². The van der Waals surface area contributed by atoms with Crippen molar-refractivity contribution in [3.8, 4) is 34.0 Å². The fourth-order valence-corrected chi connectivity index (χ4v) is 5.56. The van der Waals surface area contributed by atoms with Gasteiger partial charge in [0.1, 0.15) is 30.7 Å². The average molecular weight is 739 g/mol. The number of rotatable bonds is 13. The summed E-state index contributed by atoms with van der Waals surface area (Å²) < 4.78 is 41.3. The Bertz CT molecular complexity index is 2090. The third kappa shape index (κ3) is 12.8. The second-order valence-corrected chi connectivity index (χ2v) is 12.8. The van der Waals surface area contributed by atoms with E-state index >= 15 is 0 Å². The number of ether oxygens (including phenoxy) is 1. The predicted molar refractivity (Wildman–Crippen MR) is 209 cm³/mol. The molecular weight excluding hydrogens is 693 g/mol. The van der Waals surface area contributed by atoms with Gasteiger partial charge in [0.2, 0.25) is 0 Å². The molecule has 0 saturated carbocycles. The molecule has 0 atom stereocenters. The van der Waals surface area contributed by atoms with Crippen LogP contribution in [0.2, 0.25) is 0 Å². The Balaban J connectivity index is 0.000000230. The number of aromatic nitrogens is 2. The summed E-state index contributed by atoms with van der Waals surface area (Å²) in [6.45, 7) is 5.90. The Morgan fingerprint density at radius 2 is 1.04 bits per heavy atom. The van der Waals surface area contributed by atoms with Gasteiger partial charge in [-0.05, 0) is 97.8 Å². The van der Waals surface area contributed by atoms with Crippen LogP contribution in [0.15, 0.2) is 133 Å². The van der Waals surface area contributed by atoms with Gasteiger partial charge in [-0.2, -0.15) is 8.42 Å². The van der Waals surface area contributed by atoms with Crippen molar-refractivity contribution in [3.05, 3.63) is 156 Å². The fraction of sp³-hybridized carbons (Fsp3) is 0.190. The van der Waals surface area contributed by atoms with E-state index in [2.05, 4.69) is 39.9 Å². The van der Waals surface area contributed by atoms with Gasteiger partial charge in [-0.25, -0.2) is 4.18 Å². The molecular formula is C42H46N2O8S. The molecule has 1 N–H and O–H groups in total. The smallest absolute Gasteiger partial charge is 0.399 e. The van der Waals surface area contributed by atoms with E-state index in [0.29, 0.717) is 24.3 Å². The van der Waals surface area contributed by atoms with Crippen molar-refractivity contribution in [2.24, 2.45) is 0 Å². The molecule has 6 rings (SSSR count). The van der Waals surface area contributed by atoms with Crippen molar-refractivity contribution >= 4 is 23.0 Å². The highest BCUT2D eigenvalue weighted by atomic mass is 32.3. The Morgan fingerprint density at radius 3 is 1.47 bits per heavy atom. The lowest BCUT2D eigenvalue weighted by atomic mass is 10.1. The molecule has 10 nitrogen and oxygen atoms in total. The number of hydrogen-bond donors (Lipinski definition) is 1. The molecule has 0 radical (unpaired) electrons. The Labute approximate surface area is 312 Å². The lowest BCUT2D eigenvalue weighted by Gasteiger charge is -2.13. The lowest BCUT2D eigenvalue weighted by Crippen LogP contribution is -2.14. The number of aldehydes is 2. The third-order valence-electron chi connectivity index (χ3n) is 7.91. The SMILES string of the molecule is C.COS(=O)(=O)OCCn1c(C)ccc1-c1ccccc1.Cc1ccc(-c2ccccc2)n1CCOc1ccc(C=O)cc1.O=Cc1ccc(O)cc1. The van der Waals surface area contributed by atoms with Crippen LogP contribution in [0.25, 0.3) is 22.5 Å². The zero-order valence-corrected chi connectivity index (χ0v) is 30.1. The van der Waals surface area contributed by atoms with E-state index in [-0.39, 0.29) is 19.8 Å². The van der Waals surface area contributed by atoms with E-state index < -0.39 is 10.4 Å². The minimum atomic E-state index is -3.88. The van der Waals surface area contributed by atoms with Crippen molar-refractivity contribution in [2.45, 2.75) is 34.4 Å².